The van der Waals surface area contributed by atoms with Crippen LogP contribution in [0.3, 0.4) is 0 Å². The second-order valence-electron chi connectivity index (χ2n) is 5.87. The van der Waals surface area contributed by atoms with Gasteiger partial charge >= 0.3 is 0 Å². The molecule has 1 N–H and O–H groups in total. The molecule has 1 heterocycles. The first-order chi connectivity index (χ1) is 12.3. The van der Waals surface area contributed by atoms with E-state index in [1.807, 2.05) is 6.92 Å². The minimum atomic E-state index is -3.82. The lowest BCUT2D eigenvalue weighted by molar-refractivity contribution is -0.115. The number of carbonyl (C=O) groups excluding carboxylic acids is 1. The standard InChI is InChI=1S/C19H24N2O4S/c1-6-12-21-14(4)13(3)18(19(21)20-17(22)7-2)26(23,24)16-10-8-15(25-5)9-11-16/h6,8-11H,1,7,12H2,2-5H3,(H,20,22). The minimum absolute atomic E-state index is 0.115. The van der Waals surface area contributed by atoms with E-state index in [-0.39, 0.29) is 27.9 Å². The first-order valence-corrected chi connectivity index (χ1v) is 9.75. The third-order valence-electron chi connectivity index (χ3n) is 4.30. The number of nitrogens with one attached hydrogen (secondary N) is 1. The lowest BCUT2D eigenvalue weighted by atomic mass is 10.3. The maximum atomic E-state index is 13.3. The van der Waals surface area contributed by atoms with Crippen LogP contribution >= 0.6 is 0 Å². The van der Waals surface area contributed by atoms with Gasteiger partial charge in [0.15, 0.2) is 0 Å². The van der Waals surface area contributed by atoms with E-state index in [0.717, 1.165) is 5.69 Å². The molecule has 2 aromatic rings. The second-order valence-corrected chi connectivity index (χ2v) is 7.75. The molecule has 0 spiro atoms. The van der Waals surface area contributed by atoms with Crippen LogP contribution in [0, 0.1) is 13.8 Å². The van der Waals surface area contributed by atoms with Crippen molar-refractivity contribution in [2.75, 3.05) is 12.4 Å². The zero-order valence-corrected chi connectivity index (χ0v) is 16.3. The highest BCUT2D eigenvalue weighted by Crippen LogP contribution is 2.35. The number of benzene rings is 1. The molecule has 1 aromatic carbocycles. The van der Waals surface area contributed by atoms with Crippen LogP contribution in [0.2, 0.25) is 0 Å². The number of hydrogen-bond donors (Lipinski definition) is 1. The summed E-state index contributed by atoms with van der Waals surface area (Å²) in [4.78, 5) is 12.3. The number of methoxy groups -OCH3 is 1. The molecular weight excluding hydrogens is 352 g/mol. The number of rotatable bonds is 7. The molecule has 1 amide bonds. The van der Waals surface area contributed by atoms with Crippen LogP contribution in [0.15, 0.2) is 46.7 Å². The number of carbonyl (C=O) groups is 1. The fourth-order valence-corrected chi connectivity index (χ4v) is 4.43. The molecule has 0 saturated heterocycles. The maximum absolute atomic E-state index is 13.3. The van der Waals surface area contributed by atoms with Crippen molar-refractivity contribution in [1.82, 2.24) is 4.57 Å². The number of nitrogens with zero attached hydrogens (tertiary/aromatic N) is 1. The van der Waals surface area contributed by atoms with Crippen LogP contribution < -0.4 is 10.1 Å². The summed E-state index contributed by atoms with van der Waals surface area (Å²) < 4.78 is 33.4. The Hall–Kier alpha value is -2.54. The van der Waals surface area contributed by atoms with Gasteiger partial charge in [-0.05, 0) is 43.7 Å². The molecule has 1 aromatic heterocycles. The van der Waals surface area contributed by atoms with Crippen molar-refractivity contribution in [1.29, 1.82) is 0 Å². The molecule has 140 valence electrons. The molecule has 6 nitrogen and oxygen atoms in total. The van der Waals surface area contributed by atoms with Crippen molar-refractivity contribution in [2.24, 2.45) is 0 Å². The molecule has 0 radical (unpaired) electrons. The smallest absolute Gasteiger partial charge is 0.225 e. The van der Waals surface area contributed by atoms with Gasteiger partial charge in [-0.25, -0.2) is 8.42 Å². The van der Waals surface area contributed by atoms with Crippen LogP contribution in [-0.4, -0.2) is 26.0 Å². The highest BCUT2D eigenvalue weighted by atomic mass is 32.2. The van der Waals surface area contributed by atoms with Gasteiger partial charge < -0.3 is 14.6 Å². The van der Waals surface area contributed by atoms with Crippen molar-refractivity contribution in [3.63, 3.8) is 0 Å². The number of anilines is 1. The number of hydrogen-bond acceptors (Lipinski definition) is 4. The lowest BCUT2D eigenvalue weighted by Crippen LogP contribution is -2.16. The Morgan fingerprint density at radius 3 is 2.38 bits per heavy atom. The van der Waals surface area contributed by atoms with Crippen LogP contribution in [0.5, 0.6) is 5.75 Å². The summed E-state index contributed by atoms with van der Waals surface area (Å²) in [5, 5.41) is 2.75. The van der Waals surface area contributed by atoms with Crippen molar-refractivity contribution in [3.05, 3.63) is 48.2 Å². The van der Waals surface area contributed by atoms with E-state index in [2.05, 4.69) is 11.9 Å². The van der Waals surface area contributed by atoms with Gasteiger partial charge in [0.25, 0.3) is 0 Å². The van der Waals surface area contributed by atoms with Crippen LogP contribution in [0.4, 0.5) is 5.82 Å². The first-order valence-electron chi connectivity index (χ1n) is 8.27. The Labute approximate surface area is 154 Å². The van der Waals surface area contributed by atoms with Gasteiger partial charge in [0.2, 0.25) is 15.7 Å². The Bertz CT molecular complexity index is 925. The predicted molar refractivity (Wildman–Crippen MR) is 101 cm³/mol. The summed E-state index contributed by atoms with van der Waals surface area (Å²) >= 11 is 0. The molecule has 2 rings (SSSR count). The normalized spacial score (nSPS) is 11.2. The van der Waals surface area contributed by atoms with E-state index in [4.69, 9.17) is 4.74 Å². The molecule has 0 aliphatic carbocycles. The summed E-state index contributed by atoms with van der Waals surface area (Å²) in [6.45, 7) is 9.40. The average molecular weight is 376 g/mol. The van der Waals surface area contributed by atoms with Crippen LogP contribution in [0.1, 0.15) is 24.6 Å². The minimum Gasteiger partial charge on any atom is -0.497 e. The van der Waals surface area contributed by atoms with E-state index in [9.17, 15) is 13.2 Å². The third-order valence-corrected chi connectivity index (χ3v) is 6.23. The van der Waals surface area contributed by atoms with Gasteiger partial charge in [-0.15, -0.1) is 6.58 Å². The molecule has 26 heavy (non-hydrogen) atoms. The van der Waals surface area contributed by atoms with E-state index in [0.29, 0.717) is 17.9 Å². The summed E-state index contributed by atoms with van der Waals surface area (Å²) in [6, 6.07) is 6.19. The van der Waals surface area contributed by atoms with E-state index < -0.39 is 9.84 Å². The molecule has 0 bridgehead atoms. The number of sulfone groups is 1. The monoisotopic (exact) mass is 376 g/mol. The van der Waals surface area contributed by atoms with Crippen LogP contribution in [-0.2, 0) is 21.2 Å². The maximum Gasteiger partial charge on any atom is 0.225 e. The molecule has 0 atom stereocenters. The Kier molecular flexibility index (Phi) is 5.92. The highest BCUT2D eigenvalue weighted by molar-refractivity contribution is 7.91. The van der Waals surface area contributed by atoms with Gasteiger partial charge in [0, 0.05) is 18.7 Å². The number of aromatic nitrogens is 1. The Morgan fingerprint density at radius 2 is 1.88 bits per heavy atom. The molecule has 0 unspecified atom stereocenters. The zero-order valence-electron chi connectivity index (χ0n) is 15.5. The zero-order chi connectivity index (χ0) is 19.5. The van der Waals surface area contributed by atoms with Crippen molar-refractivity contribution >= 4 is 21.6 Å². The Balaban J connectivity index is 2.70. The topological polar surface area (TPSA) is 77.4 Å². The fraction of sp³-hybridized carbons (Fsp3) is 0.316. The molecular formula is C19H24N2O4S. The van der Waals surface area contributed by atoms with Gasteiger partial charge in [-0.2, -0.15) is 0 Å². The quantitative estimate of drug-likeness (QED) is 0.751. The first kappa shape index (κ1) is 19.8. The molecule has 0 aliphatic heterocycles. The van der Waals surface area contributed by atoms with Crippen molar-refractivity contribution < 1.29 is 17.9 Å². The number of ether oxygens (including phenoxy) is 1. The predicted octanol–water partition coefficient (Wildman–Crippen LogP) is 3.48. The van der Waals surface area contributed by atoms with E-state index >= 15 is 0 Å². The van der Waals surface area contributed by atoms with E-state index in [1.165, 1.54) is 19.2 Å². The lowest BCUT2D eigenvalue weighted by Gasteiger charge is -2.13. The van der Waals surface area contributed by atoms with Gasteiger partial charge in [-0.1, -0.05) is 13.0 Å². The summed E-state index contributed by atoms with van der Waals surface area (Å²) in [5.41, 5.74) is 1.37. The SMILES string of the molecule is C=CCn1c(C)c(C)c(S(=O)(=O)c2ccc(OC)cc2)c1NC(=O)CC. The van der Waals surface area contributed by atoms with Gasteiger partial charge in [0.1, 0.15) is 16.5 Å². The summed E-state index contributed by atoms with van der Waals surface area (Å²) in [5.74, 6) is 0.599. The Morgan fingerprint density at radius 1 is 1.27 bits per heavy atom. The molecule has 0 fully saturated rings. The second kappa shape index (κ2) is 7.78. The van der Waals surface area contributed by atoms with Crippen molar-refractivity contribution in [2.45, 2.75) is 43.5 Å². The van der Waals surface area contributed by atoms with Gasteiger partial charge in [0.05, 0.1) is 12.0 Å². The molecule has 7 heteroatoms. The number of amides is 1. The van der Waals surface area contributed by atoms with E-state index in [1.54, 1.807) is 36.6 Å². The fourth-order valence-electron chi connectivity index (χ4n) is 2.74. The highest BCUT2D eigenvalue weighted by Gasteiger charge is 2.30. The van der Waals surface area contributed by atoms with Crippen LogP contribution in [0.25, 0.3) is 0 Å². The summed E-state index contributed by atoms with van der Waals surface area (Å²) in [6.07, 6.45) is 1.91. The largest absolute Gasteiger partial charge is 0.497 e. The molecule has 0 saturated carbocycles. The average Bonchev–Trinajstić information content (AvgIpc) is 2.86. The molecule has 0 aliphatic rings. The number of allylic oxidation sites excluding steroid dienone is 1. The third kappa shape index (κ3) is 3.53. The summed E-state index contributed by atoms with van der Waals surface area (Å²) in [7, 11) is -2.31. The van der Waals surface area contributed by atoms with Crippen molar-refractivity contribution in [3.8, 4) is 5.75 Å². The van der Waals surface area contributed by atoms with Gasteiger partial charge in [-0.3, -0.25) is 4.79 Å².